The maximum absolute atomic E-state index is 11.5. The summed E-state index contributed by atoms with van der Waals surface area (Å²) in [5.41, 5.74) is 0. The lowest BCUT2D eigenvalue weighted by atomic mass is 10.2. The Hall–Kier alpha value is -0.730. The molecule has 2 atom stereocenters. The molecule has 0 radical (unpaired) electrons. The number of nitrogens with one attached hydrogen (secondary N) is 2. The zero-order chi connectivity index (χ0) is 11.1. The molecule has 1 saturated heterocycles. The van der Waals surface area contributed by atoms with E-state index in [2.05, 4.69) is 16.7 Å². The molecule has 1 rings (SSSR count). The van der Waals surface area contributed by atoms with Crippen LogP contribution in [0.1, 0.15) is 13.3 Å². The molecule has 0 spiro atoms. The van der Waals surface area contributed by atoms with Gasteiger partial charge in [0.25, 0.3) is 0 Å². The summed E-state index contributed by atoms with van der Waals surface area (Å²) in [5.74, 6) is 2.06. The van der Waals surface area contributed by atoms with Crippen LogP contribution in [0.3, 0.4) is 0 Å². The zero-order valence-corrected chi connectivity index (χ0v) is 9.77. The standard InChI is InChI=1S/C10H17N3OS/c1-8(5-11)6-13-10(14)4-9-7-15-3-2-12-9/h8-9,12H,2-4,6-7H2,1H3,(H,13,14). The summed E-state index contributed by atoms with van der Waals surface area (Å²) in [6.45, 7) is 3.24. The lowest BCUT2D eigenvalue weighted by molar-refractivity contribution is -0.121. The van der Waals surface area contributed by atoms with Crippen LogP contribution in [0, 0.1) is 17.2 Å². The molecule has 15 heavy (non-hydrogen) atoms. The van der Waals surface area contributed by atoms with Crippen LogP contribution in [0.4, 0.5) is 0 Å². The number of carbonyl (C=O) groups is 1. The molecule has 1 aliphatic rings. The van der Waals surface area contributed by atoms with Crippen molar-refractivity contribution < 1.29 is 4.79 Å². The third-order valence-corrected chi connectivity index (χ3v) is 3.39. The second-order valence-electron chi connectivity index (χ2n) is 3.76. The molecule has 0 aromatic carbocycles. The van der Waals surface area contributed by atoms with Gasteiger partial charge in [-0.2, -0.15) is 17.0 Å². The second kappa shape index (κ2) is 6.70. The maximum Gasteiger partial charge on any atom is 0.221 e. The van der Waals surface area contributed by atoms with Gasteiger partial charge in [0, 0.05) is 37.1 Å². The number of hydrogen-bond acceptors (Lipinski definition) is 4. The summed E-state index contributed by atoms with van der Waals surface area (Å²) in [7, 11) is 0. The molecule has 1 aliphatic heterocycles. The fraction of sp³-hybridized carbons (Fsp3) is 0.800. The van der Waals surface area contributed by atoms with E-state index in [4.69, 9.17) is 5.26 Å². The molecule has 0 aromatic heterocycles. The van der Waals surface area contributed by atoms with Crippen molar-refractivity contribution in [2.24, 2.45) is 5.92 Å². The van der Waals surface area contributed by atoms with Gasteiger partial charge in [-0.15, -0.1) is 0 Å². The topological polar surface area (TPSA) is 64.9 Å². The van der Waals surface area contributed by atoms with Crippen molar-refractivity contribution in [2.45, 2.75) is 19.4 Å². The Morgan fingerprint density at radius 2 is 2.60 bits per heavy atom. The van der Waals surface area contributed by atoms with E-state index in [1.807, 2.05) is 11.8 Å². The van der Waals surface area contributed by atoms with E-state index in [0.717, 1.165) is 18.1 Å². The Morgan fingerprint density at radius 3 is 3.20 bits per heavy atom. The molecule has 5 heteroatoms. The predicted octanol–water partition coefficient (Wildman–Crippen LogP) is 0.357. The minimum absolute atomic E-state index is 0.0390. The first kappa shape index (κ1) is 12.3. The Bertz CT molecular complexity index is 246. The second-order valence-corrected chi connectivity index (χ2v) is 4.91. The first-order valence-corrected chi connectivity index (χ1v) is 6.35. The highest BCUT2D eigenvalue weighted by molar-refractivity contribution is 7.99. The van der Waals surface area contributed by atoms with Crippen LogP contribution >= 0.6 is 11.8 Å². The maximum atomic E-state index is 11.5. The van der Waals surface area contributed by atoms with Crippen LogP contribution < -0.4 is 10.6 Å². The van der Waals surface area contributed by atoms with Crippen LogP contribution in [0.5, 0.6) is 0 Å². The minimum atomic E-state index is -0.109. The number of nitrogens with zero attached hydrogens (tertiary/aromatic N) is 1. The molecule has 0 aliphatic carbocycles. The quantitative estimate of drug-likeness (QED) is 0.727. The normalized spacial score (nSPS) is 22.8. The van der Waals surface area contributed by atoms with Gasteiger partial charge in [0.1, 0.15) is 0 Å². The number of thioether (sulfide) groups is 1. The Labute approximate surface area is 94.8 Å². The van der Waals surface area contributed by atoms with Crippen molar-refractivity contribution in [1.82, 2.24) is 10.6 Å². The van der Waals surface area contributed by atoms with Crippen LogP contribution in [0.25, 0.3) is 0 Å². The van der Waals surface area contributed by atoms with E-state index in [1.54, 1.807) is 6.92 Å². The molecule has 1 fully saturated rings. The minimum Gasteiger partial charge on any atom is -0.355 e. The Morgan fingerprint density at radius 1 is 1.80 bits per heavy atom. The van der Waals surface area contributed by atoms with Gasteiger partial charge in [0.2, 0.25) is 5.91 Å². The number of hydrogen-bond donors (Lipinski definition) is 2. The molecule has 2 unspecified atom stereocenters. The molecule has 4 nitrogen and oxygen atoms in total. The SMILES string of the molecule is CC(C#N)CNC(=O)CC1CSCCN1. The highest BCUT2D eigenvalue weighted by Crippen LogP contribution is 2.09. The Balaban J connectivity index is 2.15. The molecular weight excluding hydrogens is 210 g/mol. The molecule has 0 saturated carbocycles. The fourth-order valence-corrected chi connectivity index (χ4v) is 2.31. The fourth-order valence-electron chi connectivity index (χ4n) is 1.36. The third-order valence-electron chi connectivity index (χ3n) is 2.26. The number of rotatable bonds is 4. The van der Waals surface area contributed by atoms with E-state index in [0.29, 0.717) is 19.0 Å². The van der Waals surface area contributed by atoms with Gasteiger partial charge in [-0.05, 0) is 6.92 Å². The molecule has 2 N–H and O–H groups in total. The number of amides is 1. The summed E-state index contributed by atoms with van der Waals surface area (Å²) in [4.78, 5) is 11.5. The molecule has 84 valence electrons. The number of nitriles is 1. The molecule has 0 aromatic rings. The van der Waals surface area contributed by atoms with Crippen molar-refractivity contribution in [1.29, 1.82) is 5.26 Å². The van der Waals surface area contributed by atoms with E-state index in [9.17, 15) is 4.79 Å². The lowest BCUT2D eigenvalue weighted by Gasteiger charge is -2.22. The van der Waals surface area contributed by atoms with Gasteiger partial charge in [-0.25, -0.2) is 0 Å². The average molecular weight is 227 g/mol. The summed E-state index contributed by atoms with van der Waals surface area (Å²) < 4.78 is 0. The van der Waals surface area contributed by atoms with Crippen LogP contribution in [-0.4, -0.2) is 36.5 Å². The first-order chi connectivity index (χ1) is 7.22. The Kier molecular flexibility index (Phi) is 5.51. The van der Waals surface area contributed by atoms with Crippen molar-refractivity contribution in [3.63, 3.8) is 0 Å². The third kappa shape index (κ3) is 5.05. The van der Waals surface area contributed by atoms with Crippen molar-refractivity contribution in [3.05, 3.63) is 0 Å². The predicted molar refractivity (Wildman–Crippen MR) is 61.5 cm³/mol. The van der Waals surface area contributed by atoms with Crippen molar-refractivity contribution >= 4 is 17.7 Å². The van der Waals surface area contributed by atoms with Gasteiger partial charge < -0.3 is 10.6 Å². The van der Waals surface area contributed by atoms with Crippen LogP contribution in [-0.2, 0) is 4.79 Å². The smallest absolute Gasteiger partial charge is 0.221 e. The van der Waals surface area contributed by atoms with E-state index < -0.39 is 0 Å². The van der Waals surface area contributed by atoms with E-state index in [-0.39, 0.29) is 11.8 Å². The van der Waals surface area contributed by atoms with Gasteiger partial charge in [-0.1, -0.05) is 0 Å². The first-order valence-electron chi connectivity index (χ1n) is 5.20. The summed E-state index contributed by atoms with van der Waals surface area (Å²) in [6.07, 6.45) is 0.519. The molecule has 1 amide bonds. The molecular formula is C10H17N3OS. The van der Waals surface area contributed by atoms with Gasteiger partial charge in [-0.3, -0.25) is 4.79 Å². The average Bonchev–Trinajstić information content (AvgIpc) is 2.27. The molecule has 0 bridgehead atoms. The van der Waals surface area contributed by atoms with Crippen molar-refractivity contribution in [2.75, 3.05) is 24.6 Å². The highest BCUT2D eigenvalue weighted by Gasteiger charge is 2.16. The largest absolute Gasteiger partial charge is 0.355 e. The summed E-state index contributed by atoms with van der Waals surface area (Å²) >= 11 is 1.88. The van der Waals surface area contributed by atoms with E-state index >= 15 is 0 Å². The molecule has 1 heterocycles. The van der Waals surface area contributed by atoms with Crippen molar-refractivity contribution in [3.8, 4) is 6.07 Å². The highest BCUT2D eigenvalue weighted by atomic mass is 32.2. The van der Waals surface area contributed by atoms with Gasteiger partial charge >= 0.3 is 0 Å². The van der Waals surface area contributed by atoms with Crippen LogP contribution in [0.2, 0.25) is 0 Å². The number of carbonyl (C=O) groups excluding carboxylic acids is 1. The van der Waals surface area contributed by atoms with Crippen LogP contribution in [0.15, 0.2) is 0 Å². The monoisotopic (exact) mass is 227 g/mol. The van der Waals surface area contributed by atoms with Gasteiger partial charge in [0.05, 0.1) is 12.0 Å². The lowest BCUT2D eigenvalue weighted by Crippen LogP contribution is -2.41. The summed E-state index contributed by atoms with van der Waals surface area (Å²) in [5, 5.41) is 14.6. The zero-order valence-electron chi connectivity index (χ0n) is 8.95. The van der Waals surface area contributed by atoms with E-state index in [1.165, 1.54) is 0 Å². The summed E-state index contributed by atoms with van der Waals surface area (Å²) in [6, 6.07) is 2.38. The van der Waals surface area contributed by atoms with Gasteiger partial charge in [0.15, 0.2) is 0 Å².